The van der Waals surface area contributed by atoms with Gasteiger partial charge in [0.05, 0.1) is 26.4 Å². The van der Waals surface area contributed by atoms with Gasteiger partial charge in [-0.2, -0.15) is 0 Å². The minimum atomic E-state index is 0.546. The van der Waals surface area contributed by atoms with Crippen LogP contribution in [-0.4, -0.2) is 11.4 Å². The maximum absolute atomic E-state index is 11.7. The van der Waals surface area contributed by atoms with Crippen LogP contribution in [-0.2, 0) is 4.79 Å². The number of hydrogen-bond donors (Lipinski definition) is 0. The van der Waals surface area contributed by atoms with Crippen LogP contribution in [0.3, 0.4) is 0 Å². The highest BCUT2D eigenvalue weighted by molar-refractivity contribution is 7.19. The number of thiazole rings is 1. The molecule has 4 aromatic rings. The third kappa shape index (κ3) is 2.95. The van der Waals surface area contributed by atoms with Crippen LogP contribution in [0, 0.1) is 6.92 Å². The number of halogens is 1. The second-order valence-electron chi connectivity index (χ2n) is 5.55. The highest BCUT2D eigenvalue weighted by Crippen LogP contribution is 2.40. The number of thiophene rings is 1. The Hall–Kier alpha value is -2.21. The van der Waals surface area contributed by atoms with E-state index in [4.69, 9.17) is 11.6 Å². The topological polar surface area (TPSA) is 33.2 Å². The maximum Gasteiger partial charge on any atom is 0.219 e. The third-order valence-electron chi connectivity index (χ3n) is 3.99. The molecule has 0 saturated carbocycles. The average Bonchev–Trinajstić information content (AvgIpc) is 3.25. The van der Waals surface area contributed by atoms with Crippen LogP contribution in [0.4, 0.5) is 10.7 Å². The summed E-state index contributed by atoms with van der Waals surface area (Å²) in [4.78, 5) is 18.8. The van der Waals surface area contributed by atoms with E-state index in [0.717, 1.165) is 27.4 Å². The van der Waals surface area contributed by atoms with Gasteiger partial charge < -0.3 is 0 Å². The van der Waals surface area contributed by atoms with E-state index in [1.807, 2.05) is 35.8 Å². The highest BCUT2D eigenvalue weighted by atomic mass is 35.5. The van der Waals surface area contributed by atoms with Gasteiger partial charge in [-0.15, -0.1) is 22.7 Å². The first kappa shape index (κ1) is 16.3. The van der Waals surface area contributed by atoms with Crippen LogP contribution in [0.25, 0.3) is 20.7 Å². The van der Waals surface area contributed by atoms with E-state index >= 15 is 0 Å². The van der Waals surface area contributed by atoms with Gasteiger partial charge in [0.25, 0.3) is 0 Å². The molecule has 1 amide bonds. The van der Waals surface area contributed by atoms with Crippen molar-refractivity contribution in [3.63, 3.8) is 0 Å². The smallest absolute Gasteiger partial charge is 0.219 e. The number of amides is 1. The van der Waals surface area contributed by atoms with E-state index in [9.17, 15) is 4.79 Å². The molecule has 2 aromatic carbocycles. The van der Waals surface area contributed by atoms with Crippen molar-refractivity contribution in [2.45, 2.75) is 6.92 Å². The minimum absolute atomic E-state index is 0.546. The first-order chi connectivity index (χ1) is 12.2. The van der Waals surface area contributed by atoms with Gasteiger partial charge in [-0.3, -0.25) is 9.69 Å². The van der Waals surface area contributed by atoms with Gasteiger partial charge in [-0.1, -0.05) is 23.7 Å². The molecule has 0 atom stereocenters. The van der Waals surface area contributed by atoms with E-state index in [1.54, 1.807) is 33.6 Å². The molecular weight excluding hydrogens is 372 g/mol. The van der Waals surface area contributed by atoms with Gasteiger partial charge in [-0.05, 0) is 54.4 Å². The molecule has 0 radical (unpaired) electrons. The summed E-state index contributed by atoms with van der Waals surface area (Å²) < 4.78 is 1.18. The van der Waals surface area contributed by atoms with Gasteiger partial charge >= 0.3 is 0 Å². The van der Waals surface area contributed by atoms with Gasteiger partial charge in [-0.25, -0.2) is 4.98 Å². The summed E-state index contributed by atoms with van der Waals surface area (Å²) in [7, 11) is 0. The first-order valence-corrected chi connectivity index (χ1v) is 9.68. The van der Waals surface area contributed by atoms with E-state index in [1.165, 1.54) is 10.3 Å². The number of para-hydroxylation sites is 1. The lowest BCUT2D eigenvalue weighted by molar-refractivity contribution is -0.106. The van der Waals surface area contributed by atoms with Crippen molar-refractivity contribution in [3.8, 4) is 10.4 Å². The monoisotopic (exact) mass is 384 g/mol. The van der Waals surface area contributed by atoms with E-state index < -0.39 is 0 Å². The first-order valence-electron chi connectivity index (χ1n) is 7.60. The summed E-state index contributed by atoms with van der Waals surface area (Å²) in [5.74, 6) is 0. The molecule has 0 unspecified atom stereocenters. The number of hydrogen-bond acceptors (Lipinski definition) is 4. The van der Waals surface area contributed by atoms with Crippen LogP contribution < -0.4 is 4.90 Å². The van der Waals surface area contributed by atoms with Gasteiger partial charge in [0.2, 0.25) is 6.41 Å². The molecule has 4 rings (SSSR count). The molecule has 0 spiro atoms. The van der Waals surface area contributed by atoms with Gasteiger partial charge in [0.15, 0.2) is 0 Å². The zero-order valence-corrected chi connectivity index (χ0v) is 15.7. The Morgan fingerprint density at radius 2 is 2.00 bits per heavy atom. The zero-order valence-electron chi connectivity index (χ0n) is 13.3. The average molecular weight is 385 g/mol. The van der Waals surface area contributed by atoms with Crippen molar-refractivity contribution in [1.82, 2.24) is 4.98 Å². The van der Waals surface area contributed by atoms with Crippen molar-refractivity contribution >= 4 is 61.6 Å². The number of carbonyl (C=O) groups is 1. The number of carbonyl (C=O) groups excluding carboxylic acids is 1. The SMILES string of the molecule is Cc1cc2scnc2cc1-c1ccc(N(C=O)c2ccccc2Cl)s1. The van der Waals surface area contributed by atoms with Crippen molar-refractivity contribution in [3.05, 3.63) is 64.6 Å². The minimum Gasteiger partial charge on any atom is -0.278 e. The molecule has 0 aliphatic heterocycles. The predicted molar refractivity (Wildman–Crippen MR) is 107 cm³/mol. The Morgan fingerprint density at radius 1 is 1.16 bits per heavy atom. The molecule has 124 valence electrons. The fourth-order valence-corrected chi connectivity index (χ4v) is 4.80. The Labute approximate surface area is 158 Å². The lowest BCUT2D eigenvalue weighted by Crippen LogP contribution is -2.12. The number of fused-ring (bicyclic) bond motifs is 1. The zero-order chi connectivity index (χ0) is 17.4. The molecule has 2 heterocycles. The quantitative estimate of drug-likeness (QED) is 0.388. The largest absolute Gasteiger partial charge is 0.278 e. The molecule has 0 saturated heterocycles. The van der Waals surface area contributed by atoms with Crippen molar-refractivity contribution in [2.24, 2.45) is 0 Å². The molecule has 3 nitrogen and oxygen atoms in total. The Balaban J connectivity index is 1.77. The lowest BCUT2D eigenvalue weighted by Gasteiger charge is -2.16. The molecule has 2 aromatic heterocycles. The lowest BCUT2D eigenvalue weighted by atomic mass is 10.1. The number of nitrogens with zero attached hydrogens (tertiary/aromatic N) is 2. The van der Waals surface area contributed by atoms with Crippen LogP contribution >= 0.6 is 34.3 Å². The van der Waals surface area contributed by atoms with Crippen LogP contribution in [0.2, 0.25) is 5.02 Å². The summed E-state index contributed by atoms with van der Waals surface area (Å²) in [6.45, 7) is 2.10. The Morgan fingerprint density at radius 3 is 2.80 bits per heavy atom. The van der Waals surface area contributed by atoms with Crippen molar-refractivity contribution < 1.29 is 4.79 Å². The molecule has 0 bridgehead atoms. The van der Waals surface area contributed by atoms with Gasteiger partial charge in [0, 0.05) is 4.88 Å². The number of aromatic nitrogens is 1. The number of benzene rings is 2. The summed E-state index contributed by atoms with van der Waals surface area (Å²) in [5, 5.41) is 1.38. The molecular formula is C19H13ClN2OS2. The number of rotatable bonds is 4. The third-order valence-corrected chi connectivity index (χ3v) is 6.22. The van der Waals surface area contributed by atoms with E-state index in [-0.39, 0.29) is 0 Å². The summed E-state index contributed by atoms with van der Waals surface area (Å²) in [6, 6.07) is 15.6. The van der Waals surface area contributed by atoms with Crippen LogP contribution in [0.15, 0.2) is 54.0 Å². The normalized spacial score (nSPS) is 11.0. The maximum atomic E-state index is 11.7. The molecule has 6 heteroatoms. The molecule has 0 fully saturated rings. The fourth-order valence-electron chi connectivity index (χ4n) is 2.75. The van der Waals surface area contributed by atoms with Crippen molar-refractivity contribution in [2.75, 3.05) is 4.90 Å². The molecule has 25 heavy (non-hydrogen) atoms. The number of aryl methyl sites for hydroxylation is 1. The predicted octanol–water partition coefficient (Wildman–Crippen LogP) is 6.28. The molecule has 0 N–H and O–H groups in total. The van der Waals surface area contributed by atoms with E-state index in [0.29, 0.717) is 10.7 Å². The number of anilines is 2. The second-order valence-corrected chi connectivity index (χ2v) is 7.91. The Kier molecular flexibility index (Phi) is 4.29. The fraction of sp³-hybridized carbons (Fsp3) is 0.0526. The standard InChI is InChI=1S/C19H13ClN2OS2/c1-12-8-18-15(21-10-24-18)9-13(12)17-6-7-19(25-17)22(11-23)16-5-3-2-4-14(16)20/h2-11H,1H3. The summed E-state index contributed by atoms with van der Waals surface area (Å²) >= 11 is 9.45. The van der Waals surface area contributed by atoms with E-state index in [2.05, 4.69) is 24.0 Å². The second kappa shape index (κ2) is 6.59. The molecule has 0 aliphatic rings. The van der Waals surface area contributed by atoms with Crippen LogP contribution in [0.1, 0.15) is 5.56 Å². The van der Waals surface area contributed by atoms with Gasteiger partial charge in [0.1, 0.15) is 5.00 Å². The molecule has 0 aliphatic carbocycles. The summed E-state index contributed by atoms with van der Waals surface area (Å²) in [5.41, 5.74) is 5.87. The summed E-state index contributed by atoms with van der Waals surface area (Å²) in [6.07, 6.45) is 0.799. The van der Waals surface area contributed by atoms with Crippen molar-refractivity contribution in [1.29, 1.82) is 0 Å². The highest BCUT2D eigenvalue weighted by Gasteiger charge is 2.15. The van der Waals surface area contributed by atoms with Crippen LogP contribution in [0.5, 0.6) is 0 Å². The Bertz CT molecular complexity index is 1070.